The molecule has 0 unspecified atom stereocenters. The first-order chi connectivity index (χ1) is 16.7. The molecule has 2 aromatic carbocycles. The van der Waals surface area contributed by atoms with Gasteiger partial charge in [0.1, 0.15) is 11.5 Å². The van der Waals surface area contributed by atoms with Gasteiger partial charge in [0.15, 0.2) is 0 Å². The highest BCUT2D eigenvalue weighted by atomic mass is 19.1. The van der Waals surface area contributed by atoms with Gasteiger partial charge in [-0.05, 0) is 42.7 Å². The van der Waals surface area contributed by atoms with Crippen molar-refractivity contribution in [1.29, 1.82) is 0 Å². The van der Waals surface area contributed by atoms with E-state index in [1.165, 1.54) is 12.1 Å². The number of benzene rings is 2. The summed E-state index contributed by atoms with van der Waals surface area (Å²) in [5.74, 6) is -1.51. The van der Waals surface area contributed by atoms with E-state index in [2.05, 4.69) is 29.0 Å². The first kappa shape index (κ1) is 24.7. The van der Waals surface area contributed by atoms with Crippen molar-refractivity contribution >= 4 is 23.1 Å². The van der Waals surface area contributed by atoms with Crippen molar-refractivity contribution in [3.8, 4) is 11.1 Å². The molecular formula is C28H33FN4O2. The van der Waals surface area contributed by atoms with Gasteiger partial charge in [0, 0.05) is 56.7 Å². The van der Waals surface area contributed by atoms with Crippen molar-refractivity contribution in [3.05, 3.63) is 71.8 Å². The zero-order valence-electron chi connectivity index (χ0n) is 20.8. The van der Waals surface area contributed by atoms with E-state index in [9.17, 15) is 14.0 Å². The van der Waals surface area contributed by atoms with E-state index in [1.54, 1.807) is 17.7 Å². The van der Waals surface area contributed by atoms with E-state index in [0.717, 1.165) is 49.7 Å². The molecule has 1 N–H and O–H groups in total. The fourth-order valence-corrected chi connectivity index (χ4v) is 4.64. The number of nitrogens with one attached hydrogen (secondary N) is 1. The Labute approximate surface area is 206 Å². The molecule has 0 bridgehead atoms. The third-order valence-corrected chi connectivity index (χ3v) is 6.54. The molecule has 1 aromatic heterocycles. The molecule has 1 aliphatic rings. The number of aryl methyl sites for hydroxylation is 1. The van der Waals surface area contributed by atoms with E-state index in [-0.39, 0.29) is 11.4 Å². The molecule has 0 spiro atoms. The van der Waals surface area contributed by atoms with Crippen LogP contribution in [0.5, 0.6) is 0 Å². The van der Waals surface area contributed by atoms with Crippen LogP contribution < -0.4 is 10.2 Å². The quantitative estimate of drug-likeness (QED) is 0.395. The normalized spacial score (nSPS) is 14.4. The van der Waals surface area contributed by atoms with E-state index in [1.807, 2.05) is 43.3 Å². The molecule has 35 heavy (non-hydrogen) atoms. The SMILES string of the molecule is Cc1cc(-c2ccccc2)c(C(=O)C(=O)Nc2ccc(N3CCN(CC(C)C)CC3)cc2F)n1C. The van der Waals surface area contributed by atoms with Crippen molar-refractivity contribution in [2.24, 2.45) is 13.0 Å². The summed E-state index contributed by atoms with van der Waals surface area (Å²) >= 11 is 0. The number of rotatable bonds is 7. The smallest absolute Gasteiger partial charge is 0.298 e. The Morgan fingerprint density at radius 2 is 1.69 bits per heavy atom. The molecule has 184 valence electrons. The Bertz CT molecular complexity index is 1210. The van der Waals surface area contributed by atoms with Crippen molar-refractivity contribution < 1.29 is 14.0 Å². The number of aromatic nitrogens is 1. The van der Waals surface area contributed by atoms with E-state index in [4.69, 9.17) is 0 Å². The van der Waals surface area contributed by atoms with Crippen molar-refractivity contribution in [1.82, 2.24) is 9.47 Å². The third kappa shape index (κ3) is 5.46. The van der Waals surface area contributed by atoms with E-state index >= 15 is 0 Å². The molecule has 4 rings (SSSR count). The molecule has 0 aliphatic carbocycles. The second-order valence-corrected chi connectivity index (χ2v) is 9.60. The maximum absolute atomic E-state index is 14.9. The van der Waals surface area contributed by atoms with Crippen molar-refractivity contribution in [2.45, 2.75) is 20.8 Å². The molecule has 1 saturated heterocycles. The number of carbonyl (C=O) groups excluding carboxylic acids is 2. The minimum Gasteiger partial charge on any atom is -0.369 e. The van der Waals surface area contributed by atoms with Crippen LogP contribution in [0.1, 0.15) is 30.0 Å². The van der Waals surface area contributed by atoms with Gasteiger partial charge < -0.3 is 14.8 Å². The Morgan fingerprint density at radius 3 is 2.31 bits per heavy atom. The number of ketones is 1. The van der Waals surface area contributed by atoms with Gasteiger partial charge in [0.25, 0.3) is 11.7 Å². The molecule has 0 atom stereocenters. The molecule has 7 heteroatoms. The van der Waals surface area contributed by atoms with Gasteiger partial charge in [-0.25, -0.2) is 4.39 Å². The zero-order chi connectivity index (χ0) is 25.1. The molecule has 3 aromatic rings. The topological polar surface area (TPSA) is 57.6 Å². The minimum absolute atomic E-state index is 0.00210. The molecule has 0 saturated carbocycles. The van der Waals surface area contributed by atoms with Gasteiger partial charge in [-0.2, -0.15) is 0 Å². The number of hydrogen-bond acceptors (Lipinski definition) is 4. The summed E-state index contributed by atoms with van der Waals surface area (Å²) in [5.41, 5.74) is 3.43. The van der Waals surface area contributed by atoms with Crippen LogP contribution in [-0.4, -0.2) is 53.9 Å². The van der Waals surface area contributed by atoms with Crippen LogP contribution in [0.2, 0.25) is 0 Å². The average molecular weight is 477 g/mol. The number of carbonyl (C=O) groups is 2. The number of nitrogens with zero attached hydrogens (tertiary/aromatic N) is 3. The largest absolute Gasteiger partial charge is 0.369 e. The van der Waals surface area contributed by atoms with Crippen LogP contribution in [0.15, 0.2) is 54.6 Å². The fraction of sp³-hybridized carbons (Fsp3) is 0.357. The summed E-state index contributed by atoms with van der Waals surface area (Å²) in [6, 6.07) is 16.1. The van der Waals surface area contributed by atoms with Crippen LogP contribution >= 0.6 is 0 Å². The number of hydrogen-bond donors (Lipinski definition) is 1. The Hall–Kier alpha value is -3.45. The molecule has 0 radical (unpaired) electrons. The highest BCUT2D eigenvalue weighted by Crippen LogP contribution is 2.28. The molecule has 6 nitrogen and oxygen atoms in total. The predicted molar refractivity (Wildman–Crippen MR) is 138 cm³/mol. The minimum atomic E-state index is -0.864. The molecule has 1 amide bonds. The van der Waals surface area contributed by atoms with E-state index < -0.39 is 17.5 Å². The highest BCUT2D eigenvalue weighted by Gasteiger charge is 2.26. The molecule has 2 heterocycles. The lowest BCUT2D eigenvalue weighted by Crippen LogP contribution is -2.47. The zero-order valence-corrected chi connectivity index (χ0v) is 20.8. The average Bonchev–Trinajstić information content (AvgIpc) is 3.14. The lowest BCUT2D eigenvalue weighted by molar-refractivity contribution is -0.112. The van der Waals surface area contributed by atoms with Crippen molar-refractivity contribution in [2.75, 3.05) is 42.9 Å². The lowest BCUT2D eigenvalue weighted by atomic mass is 10.0. The summed E-state index contributed by atoms with van der Waals surface area (Å²) < 4.78 is 16.6. The Kier molecular flexibility index (Phi) is 7.36. The first-order valence-corrected chi connectivity index (χ1v) is 12.1. The summed E-state index contributed by atoms with van der Waals surface area (Å²) in [4.78, 5) is 30.6. The van der Waals surface area contributed by atoms with Gasteiger partial charge in [-0.3, -0.25) is 14.5 Å². The number of Topliss-reactive ketones (excluding diaryl/α,β-unsaturated/α-hetero) is 1. The maximum Gasteiger partial charge on any atom is 0.298 e. The Morgan fingerprint density at radius 1 is 1.00 bits per heavy atom. The fourth-order valence-electron chi connectivity index (χ4n) is 4.64. The summed E-state index contributed by atoms with van der Waals surface area (Å²) in [5, 5.41) is 2.48. The number of piperazine rings is 1. The number of anilines is 2. The van der Waals surface area contributed by atoms with Gasteiger partial charge in [0.05, 0.1) is 5.69 Å². The van der Waals surface area contributed by atoms with Crippen LogP contribution in [0.25, 0.3) is 11.1 Å². The predicted octanol–water partition coefficient (Wildman–Crippen LogP) is 4.74. The standard InChI is InChI=1S/C28H33FN4O2/c1-19(2)18-32-12-14-33(15-13-32)22-10-11-25(24(29)17-22)30-28(35)27(34)26-23(16-20(3)31(26)4)21-8-6-5-7-9-21/h5-11,16-17,19H,12-15,18H2,1-4H3,(H,30,35). The number of halogens is 1. The highest BCUT2D eigenvalue weighted by molar-refractivity contribution is 6.47. The molecule has 1 fully saturated rings. The van der Waals surface area contributed by atoms with Crippen LogP contribution in [-0.2, 0) is 11.8 Å². The van der Waals surface area contributed by atoms with Gasteiger partial charge in [-0.1, -0.05) is 44.2 Å². The van der Waals surface area contributed by atoms with Crippen LogP contribution in [0, 0.1) is 18.7 Å². The number of amides is 1. The summed E-state index contributed by atoms with van der Waals surface area (Å²) in [6.45, 7) is 10.9. The van der Waals surface area contributed by atoms with Crippen LogP contribution in [0.4, 0.5) is 15.8 Å². The van der Waals surface area contributed by atoms with Gasteiger partial charge >= 0.3 is 0 Å². The Balaban J connectivity index is 1.47. The van der Waals surface area contributed by atoms with Gasteiger partial charge in [0.2, 0.25) is 0 Å². The monoisotopic (exact) mass is 476 g/mol. The van der Waals surface area contributed by atoms with E-state index in [0.29, 0.717) is 11.5 Å². The summed E-state index contributed by atoms with van der Waals surface area (Å²) in [7, 11) is 1.75. The lowest BCUT2D eigenvalue weighted by Gasteiger charge is -2.36. The van der Waals surface area contributed by atoms with Crippen molar-refractivity contribution in [3.63, 3.8) is 0 Å². The third-order valence-electron chi connectivity index (χ3n) is 6.54. The second kappa shape index (κ2) is 10.4. The molecular weight excluding hydrogens is 443 g/mol. The van der Waals surface area contributed by atoms with Gasteiger partial charge in [-0.15, -0.1) is 0 Å². The summed E-state index contributed by atoms with van der Waals surface area (Å²) in [6.07, 6.45) is 0. The molecule has 1 aliphatic heterocycles. The first-order valence-electron chi connectivity index (χ1n) is 12.1. The van der Waals surface area contributed by atoms with Crippen LogP contribution in [0.3, 0.4) is 0 Å². The second-order valence-electron chi connectivity index (χ2n) is 9.60. The maximum atomic E-state index is 14.9.